The molecule has 0 spiro atoms. The molecule has 39 heavy (non-hydrogen) atoms. The molecule has 1 saturated carbocycles. The number of nitrogens with one attached hydrogen (secondary N) is 1. The topological polar surface area (TPSA) is 128 Å². The van der Waals surface area contributed by atoms with Crippen LogP contribution in [0.25, 0.3) is 16.8 Å². The molecule has 0 unspecified atom stereocenters. The lowest BCUT2D eigenvalue weighted by atomic mass is 10.1. The van der Waals surface area contributed by atoms with E-state index in [1.807, 2.05) is 6.92 Å². The minimum atomic E-state index is -4.14. The molecular weight excluding hydrogens is 567 g/mol. The molecule has 0 aliphatic heterocycles. The van der Waals surface area contributed by atoms with Gasteiger partial charge in [0.15, 0.2) is 17.1 Å². The first-order valence-corrected chi connectivity index (χ1v) is 15.4. The Morgan fingerprint density at radius 2 is 1.79 bits per heavy atom. The first kappa shape index (κ1) is 25.9. The van der Waals surface area contributed by atoms with Gasteiger partial charge in [0, 0.05) is 18.2 Å². The Morgan fingerprint density at radius 3 is 2.56 bits per heavy atom. The Hall–Kier alpha value is -3.39. The molecule has 0 bridgehead atoms. The van der Waals surface area contributed by atoms with Crippen LogP contribution in [-0.2, 0) is 20.0 Å². The van der Waals surface area contributed by atoms with E-state index in [0.29, 0.717) is 36.3 Å². The minimum Gasteiger partial charge on any atom is -0.274 e. The van der Waals surface area contributed by atoms with Crippen LogP contribution in [0.5, 0.6) is 0 Å². The summed E-state index contributed by atoms with van der Waals surface area (Å²) in [4.78, 5) is 3.99. The average molecular weight is 589 g/mol. The zero-order chi connectivity index (χ0) is 27.5. The number of hydrogen-bond donors (Lipinski definition) is 1. The fourth-order valence-corrected chi connectivity index (χ4v) is 7.94. The minimum absolute atomic E-state index is 0.138. The van der Waals surface area contributed by atoms with Crippen molar-refractivity contribution >= 4 is 48.5 Å². The molecule has 1 aliphatic rings. The number of hydrogen-bond acceptors (Lipinski definition) is 7. The van der Waals surface area contributed by atoms with Crippen molar-refractivity contribution in [3.05, 3.63) is 83.2 Å². The van der Waals surface area contributed by atoms with E-state index in [4.69, 9.17) is 11.6 Å². The summed E-state index contributed by atoms with van der Waals surface area (Å²) in [5.74, 6) is -0.609. The summed E-state index contributed by atoms with van der Waals surface area (Å²) in [5, 5.41) is 8.28. The van der Waals surface area contributed by atoms with E-state index < -0.39 is 36.8 Å². The molecule has 0 saturated heterocycles. The lowest BCUT2D eigenvalue weighted by molar-refractivity contribution is 0.533. The van der Waals surface area contributed by atoms with Crippen molar-refractivity contribution in [2.75, 3.05) is 0 Å². The second kappa shape index (κ2) is 9.37. The van der Waals surface area contributed by atoms with Crippen LogP contribution in [0.2, 0.25) is 5.02 Å². The van der Waals surface area contributed by atoms with Gasteiger partial charge in [-0.2, -0.15) is 0 Å². The molecule has 2 aromatic carbocycles. The maximum absolute atomic E-state index is 14.4. The smallest absolute Gasteiger partial charge is 0.269 e. The van der Waals surface area contributed by atoms with Gasteiger partial charge in [0.2, 0.25) is 10.0 Å². The summed E-state index contributed by atoms with van der Waals surface area (Å²) in [6.45, 7) is 1.88. The van der Waals surface area contributed by atoms with Gasteiger partial charge in [-0.15, -0.1) is 10.2 Å². The van der Waals surface area contributed by atoms with Crippen LogP contribution in [0.4, 0.5) is 4.39 Å². The normalized spacial score (nSPS) is 18.3. The number of sulfonamides is 1. The van der Waals surface area contributed by atoms with Crippen LogP contribution < -0.4 is 4.72 Å². The van der Waals surface area contributed by atoms with Crippen molar-refractivity contribution in [3.8, 4) is 0 Å². The van der Waals surface area contributed by atoms with Gasteiger partial charge in [0.05, 0.1) is 21.6 Å². The number of aryl methyl sites for hydroxylation is 1. The molecule has 2 atom stereocenters. The number of benzene rings is 2. The van der Waals surface area contributed by atoms with E-state index in [-0.39, 0.29) is 21.5 Å². The highest BCUT2D eigenvalue weighted by atomic mass is 35.5. The molecule has 202 valence electrons. The van der Waals surface area contributed by atoms with Crippen molar-refractivity contribution in [2.24, 2.45) is 0 Å². The summed E-state index contributed by atoms with van der Waals surface area (Å²) >= 11 is 5.77. The molecule has 0 amide bonds. The molecule has 5 aromatic rings. The monoisotopic (exact) mass is 588 g/mol. The highest BCUT2D eigenvalue weighted by molar-refractivity contribution is 7.90. The molecule has 14 heteroatoms. The van der Waals surface area contributed by atoms with Gasteiger partial charge in [-0.05, 0) is 56.5 Å². The van der Waals surface area contributed by atoms with Gasteiger partial charge in [0.25, 0.3) is 10.0 Å². The van der Waals surface area contributed by atoms with Gasteiger partial charge < -0.3 is 0 Å². The van der Waals surface area contributed by atoms with Gasteiger partial charge in [-0.3, -0.25) is 4.40 Å². The number of rotatable bonds is 6. The van der Waals surface area contributed by atoms with Crippen molar-refractivity contribution in [2.45, 2.75) is 47.9 Å². The second-order valence-electron chi connectivity index (χ2n) is 9.53. The molecule has 6 rings (SSSR count). The van der Waals surface area contributed by atoms with Crippen LogP contribution >= 0.6 is 11.6 Å². The van der Waals surface area contributed by atoms with Crippen LogP contribution in [0.15, 0.2) is 70.7 Å². The van der Waals surface area contributed by atoms with E-state index in [1.54, 1.807) is 34.7 Å². The van der Waals surface area contributed by atoms with Gasteiger partial charge in [-0.25, -0.2) is 34.9 Å². The summed E-state index contributed by atoms with van der Waals surface area (Å²) in [7, 11) is -8.04. The second-order valence-corrected chi connectivity index (χ2v) is 13.4. The first-order valence-electron chi connectivity index (χ1n) is 12.1. The Balaban J connectivity index is 1.32. The molecule has 3 aromatic heterocycles. The van der Waals surface area contributed by atoms with Crippen LogP contribution in [0.1, 0.15) is 36.6 Å². The number of aromatic nitrogens is 5. The zero-order valence-electron chi connectivity index (χ0n) is 20.5. The predicted octanol–water partition coefficient (Wildman–Crippen LogP) is 4.03. The third-order valence-electron chi connectivity index (χ3n) is 6.97. The van der Waals surface area contributed by atoms with Crippen molar-refractivity contribution < 1.29 is 21.2 Å². The maximum atomic E-state index is 14.4. The van der Waals surface area contributed by atoms with Crippen LogP contribution in [0, 0.1) is 12.7 Å². The van der Waals surface area contributed by atoms with E-state index in [0.717, 1.165) is 9.54 Å². The first-order chi connectivity index (χ1) is 18.6. The Kier molecular flexibility index (Phi) is 6.21. The summed E-state index contributed by atoms with van der Waals surface area (Å²) in [6, 6.07) is 11.6. The third-order valence-corrected chi connectivity index (χ3v) is 10.5. The molecule has 1 N–H and O–H groups in total. The predicted molar refractivity (Wildman–Crippen MR) is 142 cm³/mol. The van der Waals surface area contributed by atoms with E-state index in [9.17, 15) is 21.2 Å². The molecular formula is C25H22ClFN6O4S2. The molecule has 10 nitrogen and oxygen atoms in total. The highest BCUT2D eigenvalue weighted by Crippen LogP contribution is 2.36. The maximum Gasteiger partial charge on any atom is 0.269 e. The standard InChI is InChI=1S/C25H22ClFN6O4S2/c1-15-5-9-18(10-6-15)39(36,37)32-12-11-20-25(32)28-14-22-29-30-24(33(20)22)16-7-8-17(13-16)31-38(34,35)21-4-2-3-19(26)23(21)27/h2-6,9-12,14,16-17,31H,7-8,13H2,1H3/t16-,17+/m1/s1. The summed E-state index contributed by atoms with van der Waals surface area (Å²) in [5.41, 5.74) is 2.10. The largest absolute Gasteiger partial charge is 0.274 e. The third kappa shape index (κ3) is 4.39. The summed E-state index contributed by atoms with van der Waals surface area (Å²) < 4.78 is 72.3. The van der Waals surface area contributed by atoms with E-state index in [1.165, 1.54) is 30.6 Å². The Bertz CT molecular complexity index is 1960. The molecule has 0 radical (unpaired) electrons. The Morgan fingerprint density at radius 1 is 1.03 bits per heavy atom. The van der Waals surface area contributed by atoms with Gasteiger partial charge in [0.1, 0.15) is 10.7 Å². The fourth-order valence-electron chi connectivity index (χ4n) is 5.03. The molecule has 1 fully saturated rings. The van der Waals surface area contributed by atoms with Crippen molar-refractivity contribution in [3.63, 3.8) is 0 Å². The molecule has 3 heterocycles. The van der Waals surface area contributed by atoms with Crippen LogP contribution in [-0.4, -0.2) is 46.4 Å². The average Bonchev–Trinajstić information content (AvgIpc) is 3.63. The number of fused-ring (bicyclic) bond motifs is 3. The zero-order valence-corrected chi connectivity index (χ0v) is 22.9. The lowest BCUT2D eigenvalue weighted by Gasteiger charge is -2.14. The SMILES string of the molecule is Cc1ccc(S(=O)(=O)n2ccc3c2ncc2nnc([C@@H]4CC[C@H](NS(=O)(=O)c5cccc(Cl)c5F)C4)n23)cc1. The number of nitrogens with zero attached hydrogens (tertiary/aromatic N) is 5. The van der Waals surface area contributed by atoms with E-state index in [2.05, 4.69) is 19.9 Å². The van der Waals surface area contributed by atoms with Gasteiger partial charge >= 0.3 is 0 Å². The van der Waals surface area contributed by atoms with E-state index >= 15 is 0 Å². The quantitative estimate of drug-likeness (QED) is 0.317. The summed E-state index contributed by atoms with van der Waals surface area (Å²) in [6.07, 6.45) is 4.39. The van der Waals surface area contributed by atoms with Crippen molar-refractivity contribution in [1.82, 2.24) is 28.3 Å². The highest BCUT2D eigenvalue weighted by Gasteiger charge is 2.34. The van der Waals surface area contributed by atoms with Crippen molar-refractivity contribution in [1.29, 1.82) is 0 Å². The van der Waals surface area contributed by atoms with Gasteiger partial charge in [-0.1, -0.05) is 35.4 Å². The lowest BCUT2D eigenvalue weighted by Crippen LogP contribution is -2.33. The van der Waals surface area contributed by atoms with Crippen LogP contribution in [0.3, 0.4) is 0 Å². The molecule has 1 aliphatic carbocycles. The number of halogens is 2. The fraction of sp³-hybridized carbons (Fsp3) is 0.240. The Labute approximate surface area is 228 Å².